The highest BCUT2D eigenvalue weighted by atomic mass is 35.5. The predicted octanol–water partition coefficient (Wildman–Crippen LogP) is 4.34. The number of amides is 1. The fraction of sp³-hybridized carbons (Fsp3) is 0.158. The van der Waals surface area contributed by atoms with E-state index in [-0.39, 0.29) is 46.1 Å². The molecule has 0 bridgehead atoms. The highest BCUT2D eigenvalue weighted by molar-refractivity contribution is 6.32. The number of nitro benzene ring substituents is 1. The van der Waals surface area contributed by atoms with Crippen LogP contribution >= 0.6 is 11.6 Å². The van der Waals surface area contributed by atoms with Crippen LogP contribution in [0.1, 0.15) is 10.5 Å². The number of carbonyl (C=O) groups excluding carboxylic acids is 1. The van der Waals surface area contributed by atoms with E-state index in [4.69, 9.17) is 21.1 Å². The number of aromatic nitrogens is 2. The molecule has 10 nitrogen and oxygen atoms in total. The molecule has 0 spiro atoms. The van der Waals surface area contributed by atoms with Gasteiger partial charge in [0.05, 0.1) is 17.1 Å². The zero-order valence-electron chi connectivity index (χ0n) is 16.3. The molecule has 2 aromatic carbocycles. The fourth-order valence-corrected chi connectivity index (χ4v) is 2.77. The van der Waals surface area contributed by atoms with E-state index < -0.39 is 17.4 Å². The third-order valence-electron chi connectivity index (χ3n) is 3.99. The number of methoxy groups -OCH3 is 1. The lowest BCUT2D eigenvalue weighted by molar-refractivity contribution is -0.384. The zero-order valence-corrected chi connectivity index (χ0v) is 17.1. The molecule has 1 aromatic heterocycles. The maximum atomic E-state index is 12.4. The van der Waals surface area contributed by atoms with Gasteiger partial charge in [0.25, 0.3) is 11.6 Å². The van der Waals surface area contributed by atoms with Gasteiger partial charge in [-0.15, -0.1) is 0 Å². The van der Waals surface area contributed by atoms with Gasteiger partial charge in [0.15, 0.2) is 23.9 Å². The Morgan fingerprint density at radius 1 is 1.22 bits per heavy atom. The summed E-state index contributed by atoms with van der Waals surface area (Å²) in [6, 6.07) is 9.12. The normalized spacial score (nSPS) is 10.7. The number of nitrogens with zero attached hydrogens (tertiary/aromatic N) is 3. The molecule has 0 atom stereocenters. The maximum Gasteiger partial charge on any atom is 0.387 e. The van der Waals surface area contributed by atoms with Gasteiger partial charge in [-0.25, -0.2) is 4.68 Å². The highest BCUT2D eigenvalue weighted by Gasteiger charge is 2.15. The summed E-state index contributed by atoms with van der Waals surface area (Å²) in [7, 11) is 1.28. The summed E-state index contributed by atoms with van der Waals surface area (Å²) in [5.74, 6) is -0.521. The smallest absolute Gasteiger partial charge is 0.387 e. The van der Waals surface area contributed by atoms with Crippen LogP contribution in [-0.2, 0) is 6.73 Å². The number of benzene rings is 2. The topological polar surface area (TPSA) is 118 Å². The van der Waals surface area contributed by atoms with Gasteiger partial charge in [0, 0.05) is 30.1 Å². The quantitative estimate of drug-likeness (QED) is 0.366. The molecule has 0 aliphatic rings. The Kier molecular flexibility index (Phi) is 7.05. The number of halogens is 3. The number of nitro groups is 1. The summed E-state index contributed by atoms with van der Waals surface area (Å²) >= 11 is 5.97. The first-order chi connectivity index (χ1) is 15.3. The second kappa shape index (κ2) is 9.92. The summed E-state index contributed by atoms with van der Waals surface area (Å²) in [6.07, 6.45) is 1.48. The van der Waals surface area contributed by atoms with Gasteiger partial charge in [0.2, 0.25) is 0 Å². The third-order valence-corrected chi connectivity index (χ3v) is 4.28. The molecule has 168 valence electrons. The number of alkyl halides is 2. The van der Waals surface area contributed by atoms with Gasteiger partial charge in [0.1, 0.15) is 5.75 Å². The molecular weight excluding hydrogens is 454 g/mol. The van der Waals surface area contributed by atoms with Crippen LogP contribution < -0.4 is 19.5 Å². The first kappa shape index (κ1) is 22.7. The Morgan fingerprint density at radius 3 is 2.62 bits per heavy atom. The third kappa shape index (κ3) is 5.60. The molecule has 1 N–H and O–H groups in total. The number of hydrogen-bond acceptors (Lipinski definition) is 7. The molecule has 13 heteroatoms. The van der Waals surface area contributed by atoms with E-state index in [1.165, 1.54) is 54.4 Å². The number of hydrogen-bond donors (Lipinski definition) is 1. The molecule has 1 heterocycles. The van der Waals surface area contributed by atoms with Crippen molar-refractivity contribution >= 4 is 28.9 Å². The lowest BCUT2D eigenvalue weighted by Gasteiger charge is -2.11. The van der Waals surface area contributed by atoms with Crippen molar-refractivity contribution < 1.29 is 32.7 Å². The molecule has 0 saturated heterocycles. The number of rotatable bonds is 9. The zero-order chi connectivity index (χ0) is 23.3. The SMILES string of the molecule is COc1cc(NC(=O)c2ccn(COc3ccc([N+](=O)[O-])cc3Cl)n2)ccc1OC(F)F. The van der Waals surface area contributed by atoms with Crippen molar-refractivity contribution in [2.75, 3.05) is 12.4 Å². The number of nitrogens with one attached hydrogen (secondary N) is 1. The van der Waals surface area contributed by atoms with Crippen molar-refractivity contribution in [1.29, 1.82) is 0 Å². The molecule has 1 amide bonds. The number of ether oxygens (including phenoxy) is 3. The average Bonchev–Trinajstić information content (AvgIpc) is 3.22. The first-order valence-corrected chi connectivity index (χ1v) is 9.19. The van der Waals surface area contributed by atoms with E-state index in [1.54, 1.807) is 0 Å². The molecular formula is C19H15ClF2N4O6. The van der Waals surface area contributed by atoms with Crippen molar-refractivity contribution in [3.05, 3.63) is 69.5 Å². The molecule has 32 heavy (non-hydrogen) atoms. The minimum atomic E-state index is -3.02. The van der Waals surface area contributed by atoms with Gasteiger partial charge in [-0.1, -0.05) is 11.6 Å². The second-order valence-corrected chi connectivity index (χ2v) is 6.49. The summed E-state index contributed by atoms with van der Waals surface area (Å²) in [6.45, 7) is -3.13. The van der Waals surface area contributed by atoms with Crippen molar-refractivity contribution in [2.24, 2.45) is 0 Å². The summed E-state index contributed by atoms with van der Waals surface area (Å²) in [5, 5.41) is 17.4. The first-order valence-electron chi connectivity index (χ1n) is 8.81. The maximum absolute atomic E-state index is 12.4. The largest absolute Gasteiger partial charge is 0.493 e. The fourth-order valence-electron chi connectivity index (χ4n) is 2.54. The Hall–Kier alpha value is -3.93. The van der Waals surface area contributed by atoms with Gasteiger partial charge < -0.3 is 19.5 Å². The summed E-state index contributed by atoms with van der Waals surface area (Å²) < 4.78 is 40.9. The highest BCUT2D eigenvalue weighted by Crippen LogP contribution is 2.31. The van der Waals surface area contributed by atoms with E-state index in [9.17, 15) is 23.7 Å². The van der Waals surface area contributed by atoms with Crippen LogP contribution in [0, 0.1) is 10.1 Å². The monoisotopic (exact) mass is 468 g/mol. The van der Waals surface area contributed by atoms with Crippen LogP contribution in [0.15, 0.2) is 48.7 Å². The minimum absolute atomic E-state index is 0.0157. The molecule has 0 fully saturated rings. The molecule has 0 saturated carbocycles. The number of non-ortho nitro benzene ring substituents is 1. The molecule has 0 aliphatic heterocycles. The standard InChI is InChI=1S/C19H15ClF2N4O6/c1-30-17-8-11(2-4-16(17)32-19(21)22)23-18(27)14-6-7-25(24-14)10-31-15-5-3-12(26(28)29)9-13(15)20/h2-9,19H,10H2,1H3,(H,23,27). The van der Waals surface area contributed by atoms with E-state index in [0.717, 1.165) is 6.07 Å². The van der Waals surface area contributed by atoms with E-state index in [1.807, 2.05) is 0 Å². The summed E-state index contributed by atoms with van der Waals surface area (Å²) in [4.78, 5) is 22.6. The van der Waals surface area contributed by atoms with E-state index in [0.29, 0.717) is 0 Å². The van der Waals surface area contributed by atoms with Gasteiger partial charge in [-0.3, -0.25) is 14.9 Å². The lowest BCUT2D eigenvalue weighted by atomic mass is 10.2. The van der Waals surface area contributed by atoms with Crippen LogP contribution in [0.25, 0.3) is 0 Å². The van der Waals surface area contributed by atoms with Crippen LogP contribution in [0.5, 0.6) is 17.2 Å². The second-order valence-electron chi connectivity index (χ2n) is 6.08. The summed E-state index contributed by atoms with van der Waals surface area (Å²) in [5.41, 5.74) is 0.151. The Bertz CT molecular complexity index is 1140. The molecule has 3 aromatic rings. The van der Waals surface area contributed by atoms with Crippen molar-refractivity contribution in [3.63, 3.8) is 0 Å². The van der Waals surface area contributed by atoms with Crippen molar-refractivity contribution in [2.45, 2.75) is 13.3 Å². The molecule has 3 rings (SSSR count). The van der Waals surface area contributed by atoms with E-state index in [2.05, 4.69) is 15.2 Å². The van der Waals surface area contributed by atoms with Crippen LogP contribution in [-0.4, -0.2) is 34.3 Å². The van der Waals surface area contributed by atoms with Gasteiger partial charge >= 0.3 is 6.61 Å². The van der Waals surface area contributed by atoms with Crippen LogP contribution in [0.2, 0.25) is 5.02 Å². The van der Waals surface area contributed by atoms with Gasteiger partial charge in [-0.2, -0.15) is 13.9 Å². The Balaban J connectivity index is 1.63. The molecule has 0 unspecified atom stereocenters. The number of anilines is 1. The Morgan fingerprint density at radius 2 is 1.97 bits per heavy atom. The molecule has 0 radical (unpaired) electrons. The molecule has 0 aliphatic carbocycles. The minimum Gasteiger partial charge on any atom is -0.493 e. The van der Waals surface area contributed by atoms with Crippen molar-refractivity contribution in [3.8, 4) is 17.2 Å². The lowest BCUT2D eigenvalue weighted by Crippen LogP contribution is -2.14. The Labute approximate surface area is 184 Å². The van der Waals surface area contributed by atoms with Crippen LogP contribution in [0.3, 0.4) is 0 Å². The van der Waals surface area contributed by atoms with Crippen molar-refractivity contribution in [1.82, 2.24) is 9.78 Å². The van der Waals surface area contributed by atoms with Crippen LogP contribution in [0.4, 0.5) is 20.2 Å². The van der Waals surface area contributed by atoms with E-state index >= 15 is 0 Å². The predicted molar refractivity (Wildman–Crippen MR) is 109 cm³/mol. The number of carbonyl (C=O) groups is 1. The van der Waals surface area contributed by atoms with Gasteiger partial charge in [-0.05, 0) is 24.3 Å². The average molecular weight is 469 g/mol.